The number of quaternary nitrogens is 2. The normalized spacial score (nSPS) is 18.3. The van der Waals surface area contributed by atoms with Crippen molar-refractivity contribution in [2.75, 3.05) is 26.2 Å². The molecule has 0 amide bonds. The Labute approximate surface area is 247 Å². The minimum atomic E-state index is -0.907. The van der Waals surface area contributed by atoms with Gasteiger partial charge in [-0.2, -0.15) is 0 Å². The highest BCUT2D eigenvalue weighted by molar-refractivity contribution is 5.91. The minimum absolute atomic E-state index is 0.0357. The summed E-state index contributed by atoms with van der Waals surface area (Å²) in [4.78, 5) is 4.77. The summed E-state index contributed by atoms with van der Waals surface area (Å²) < 4.78 is 54.6. The number of hydrogen-bond acceptors (Lipinski definition) is 3. The van der Waals surface area contributed by atoms with Crippen LogP contribution in [0.3, 0.4) is 0 Å². The van der Waals surface area contributed by atoms with Crippen molar-refractivity contribution >= 4 is 10.9 Å². The van der Waals surface area contributed by atoms with Crippen LogP contribution in [0.15, 0.2) is 85.1 Å². The van der Waals surface area contributed by atoms with Gasteiger partial charge in [-0.05, 0) is 65.2 Å². The molecule has 2 fully saturated rings. The monoisotopic (exact) mass is 583 g/mol. The molecular weight excluding hydrogens is 551 g/mol. The van der Waals surface area contributed by atoms with Gasteiger partial charge in [0.05, 0.1) is 18.6 Å². The van der Waals surface area contributed by atoms with Gasteiger partial charge < -0.3 is 20.1 Å². The van der Waals surface area contributed by atoms with Gasteiger partial charge in [0.1, 0.15) is 30.4 Å². The Balaban J connectivity index is 1.30. The maximum absolute atomic E-state index is 14.3. The SMILES string of the molecule is Fc1ccc(-c2cc(-c3cnc4cc(O[C@H]5CC[NH2+]C5)c(-c5ccc(F)c(F)c5)cc4c3)ccc2O[C@H]2CC[NH2+]C2)cc1. The number of benzene rings is 4. The summed E-state index contributed by atoms with van der Waals surface area (Å²) in [6, 6.07) is 22.2. The van der Waals surface area contributed by atoms with Crippen LogP contribution in [0.25, 0.3) is 44.3 Å². The first-order valence-corrected chi connectivity index (χ1v) is 14.8. The first kappa shape index (κ1) is 27.4. The van der Waals surface area contributed by atoms with E-state index in [4.69, 9.17) is 14.5 Å². The smallest absolute Gasteiger partial charge is 0.159 e. The van der Waals surface area contributed by atoms with Crippen molar-refractivity contribution in [3.8, 4) is 44.9 Å². The van der Waals surface area contributed by atoms with Crippen molar-refractivity contribution in [1.29, 1.82) is 0 Å². The van der Waals surface area contributed by atoms with Crippen LogP contribution in [0, 0.1) is 17.5 Å². The molecule has 2 saturated heterocycles. The zero-order valence-electron chi connectivity index (χ0n) is 23.5. The van der Waals surface area contributed by atoms with E-state index >= 15 is 0 Å². The fourth-order valence-electron chi connectivity index (χ4n) is 5.99. The van der Waals surface area contributed by atoms with Crippen LogP contribution in [-0.2, 0) is 0 Å². The second kappa shape index (κ2) is 11.7. The Morgan fingerprint density at radius 3 is 1.98 bits per heavy atom. The van der Waals surface area contributed by atoms with Crippen molar-refractivity contribution in [2.24, 2.45) is 0 Å². The zero-order valence-corrected chi connectivity index (χ0v) is 23.5. The molecule has 218 valence electrons. The van der Waals surface area contributed by atoms with Gasteiger partial charge in [0.2, 0.25) is 0 Å². The molecule has 5 aromatic rings. The summed E-state index contributed by atoms with van der Waals surface area (Å²) in [6.07, 6.45) is 3.87. The second-order valence-electron chi connectivity index (χ2n) is 11.3. The van der Waals surface area contributed by atoms with Gasteiger partial charge in [0, 0.05) is 47.2 Å². The van der Waals surface area contributed by atoms with Gasteiger partial charge in [-0.3, -0.25) is 4.98 Å². The Hall–Kier alpha value is -4.40. The average Bonchev–Trinajstić information content (AvgIpc) is 3.74. The molecule has 0 radical (unpaired) electrons. The first-order chi connectivity index (χ1) is 21.0. The lowest BCUT2D eigenvalue weighted by Gasteiger charge is -2.18. The highest BCUT2D eigenvalue weighted by Crippen LogP contribution is 2.39. The van der Waals surface area contributed by atoms with Gasteiger partial charge in [-0.15, -0.1) is 0 Å². The van der Waals surface area contributed by atoms with E-state index in [1.165, 1.54) is 18.2 Å². The number of ether oxygens (including phenoxy) is 2. The van der Waals surface area contributed by atoms with E-state index in [0.29, 0.717) is 16.9 Å². The summed E-state index contributed by atoms with van der Waals surface area (Å²) in [5, 5.41) is 5.29. The first-order valence-electron chi connectivity index (χ1n) is 14.8. The average molecular weight is 584 g/mol. The van der Waals surface area contributed by atoms with E-state index in [9.17, 15) is 13.2 Å². The number of nitrogens with two attached hydrogens (primary N) is 2. The van der Waals surface area contributed by atoms with Crippen LogP contribution in [0.4, 0.5) is 13.2 Å². The number of hydrogen-bond donors (Lipinski definition) is 2. The van der Waals surface area contributed by atoms with Crippen LogP contribution >= 0.6 is 0 Å². The largest absolute Gasteiger partial charge is 0.484 e. The molecule has 8 heteroatoms. The van der Waals surface area contributed by atoms with E-state index in [2.05, 4.69) is 16.7 Å². The molecule has 0 spiro atoms. The fraction of sp³-hybridized carbons (Fsp3) is 0.229. The molecule has 0 unspecified atom stereocenters. The maximum Gasteiger partial charge on any atom is 0.159 e. The lowest BCUT2D eigenvalue weighted by molar-refractivity contribution is -0.638. The molecule has 1 aromatic heterocycles. The van der Waals surface area contributed by atoms with Crippen LogP contribution in [-0.4, -0.2) is 43.4 Å². The van der Waals surface area contributed by atoms with E-state index in [1.54, 1.807) is 18.2 Å². The predicted molar refractivity (Wildman–Crippen MR) is 159 cm³/mol. The predicted octanol–water partition coefficient (Wildman–Crippen LogP) is 5.08. The van der Waals surface area contributed by atoms with Crippen molar-refractivity contribution < 1.29 is 33.3 Å². The number of rotatable bonds is 7. The van der Waals surface area contributed by atoms with Gasteiger partial charge in [-0.1, -0.05) is 24.3 Å². The van der Waals surface area contributed by atoms with Crippen LogP contribution in [0.1, 0.15) is 12.8 Å². The lowest BCUT2D eigenvalue weighted by atomic mass is 9.97. The number of fused-ring (bicyclic) bond motifs is 1. The number of halogens is 3. The molecule has 4 N–H and O–H groups in total. The molecule has 4 aromatic carbocycles. The fourth-order valence-corrected chi connectivity index (χ4v) is 5.99. The van der Waals surface area contributed by atoms with Crippen molar-refractivity contribution in [2.45, 2.75) is 25.0 Å². The third-order valence-corrected chi connectivity index (χ3v) is 8.31. The topological polar surface area (TPSA) is 64.6 Å². The molecule has 2 atom stereocenters. The highest BCUT2D eigenvalue weighted by Gasteiger charge is 2.23. The van der Waals surface area contributed by atoms with Crippen molar-refractivity contribution in [3.63, 3.8) is 0 Å². The summed E-state index contributed by atoms with van der Waals surface area (Å²) >= 11 is 0. The minimum Gasteiger partial charge on any atom is -0.484 e. The Morgan fingerprint density at radius 1 is 0.605 bits per heavy atom. The summed E-state index contributed by atoms with van der Waals surface area (Å²) in [5.74, 6) is -0.732. The second-order valence-corrected chi connectivity index (χ2v) is 11.3. The Bertz CT molecular complexity index is 1780. The van der Waals surface area contributed by atoms with E-state index < -0.39 is 11.6 Å². The summed E-state index contributed by atoms with van der Waals surface area (Å²) in [7, 11) is 0. The maximum atomic E-state index is 14.3. The molecule has 5 nitrogen and oxygen atoms in total. The molecule has 0 bridgehead atoms. The molecule has 0 saturated carbocycles. The number of pyridine rings is 1. The third-order valence-electron chi connectivity index (χ3n) is 8.31. The summed E-state index contributed by atoms with van der Waals surface area (Å²) in [5.41, 5.74) is 5.50. The molecule has 7 rings (SSSR count). The van der Waals surface area contributed by atoms with Gasteiger partial charge in [0.15, 0.2) is 23.8 Å². The number of aromatic nitrogens is 1. The zero-order chi connectivity index (χ0) is 29.3. The van der Waals surface area contributed by atoms with Crippen molar-refractivity contribution in [1.82, 2.24) is 4.98 Å². The number of nitrogens with zero attached hydrogens (tertiary/aromatic N) is 1. The highest BCUT2D eigenvalue weighted by atomic mass is 19.2. The van der Waals surface area contributed by atoms with Crippen molar-refractivity contribution in [3.05, 3.63) is 103 Å². The summed E-state index contributed by atoms with van der Waals surface area (Å²) in [6.45, 7) is 3.78. The Kier molecular flexibility index (Phi) is 7.47. The molecular formula is C35H32F3N3O2+2. The lowest BCUT2D eigenvalue weighted by Crippen LogP contribution is -2.81. The van der Waals surface area contributed by atoms with Crippen LogP contribution in [0.2, 0.25) is 0 Å². The van der Waals surface area contributed by atoms with Gasteiger partial charge in [0.25, 0.3) is 0 Å². The standard InChI is InChI=1S/C35H30F3N3O2/c36-26-5-1-21(2-6-26)29-14-22(4-8-34(29)42-27-9-11-39-19-27)25-13-24-15-30(23-3-7-31(37)32(38)16-23)35(17-33(24)41-18-25)43-28-10-12-40-20-28/h1-8,13-18,27-28,39-40H,9-12,19-20H2/p+2/t27-,28-/m0/s1. The van der Waals surface area contributed by atoms with Crippen LogP contribution < -0.4 is 20.1 Å². The van der Waals surface area contributed by atoms with E-state index in [0.717, 1.165) is 84.0 Å². The molecule has 3 heterocycles. The molecule has 2 aliphatic heterocycles. The van der Waals surface area contributed by atoms with E-state index in [1.807, 2.05) is 36.5 Å². The van der Waals surface area contributed by atoms with Gasteiger partial charge in [-0.25, -0.2) is 13.2 Å². The quantitative estimate of drug-likeness (QED) is 0.281. The third kappa shape index (κ3) is 5.81. The molecule has 2 aliphatic rings. The van der Waals surface area contributed by atoms with Crippen LogP contribution in [0.5, 0.6) is 11.5 Å². The Morgan fingerprint density at radius 2 is 1.28 bits per heavy atom. The molecule has 43 heavy (non-hydrogen) atoms. The molecule has 0 aliphatic carbocycles. The van der Waals surface area contributed by atoms with Gasteiger partial charge >= 0.3 is 0 Å². The van der Waals surface area contributed by atoms with E-state index in [-0.39, 0.29) is 18.0 Å².